The monoisotopic (exact) mass is 398 g/mol. The number of piperazine rings is 1. The van der Waals surface area contributed by atoms with Crippen LogP contribution in [-0.2, 0) is 19.6 Å². The lowest BCUT2D eigenvalue weighted by molar-refractivity contribution is -0.147. The number of rotatable bonds is 5. The van der Waals surface area contributed by atoms with Crippen LogP contribution in [0.2, 0.25) is 0 Å². The van der Waals surface area contributed by atoms with Gasteiger partial charge in [-0.15, -0.1) is 0 Å². The summed E-state index contributed by atoms with van der Waals surface area (Å²) >= 11 is 0. The molecule has 0 unspecified atom stereocenters. The van der Waals surface area contributed by atoms with E-state index in [4.69, 9.17) is 4.74 Å². The highest BCUT2D eigenvalue weighted by Crippen LogP contribution is 2.36. The Morgan fingerprint density at radius 3 is 2.63 bits per heavy atom. The standard InChI is InChI=1S/C18H30N4O4S/c1-4-27(24,25)21-11-9-20(10-12-21)18(23)15-6-5-13-26-17(15)16-7-8-19-22(16)14(2)3/h7-8,14-15,17H,4-6,9-13H2,1-3H3/t15-,17-/m1/s1. The van der Waals surface area contributed by atoms with Gasteiger partial charge in [-0.3, -0.25) is 9.48 Å². The molecule has 2 aliphatic rings. The summed E-state index contributed by atoms with van der Waals surface area (Å²) in [5.74, 6) is -0.0920. The average molecular weight is 399 g/mol. The van der Waals surface area contributed by atoms with E-state index in [1.807, 2.05) is 10.7 Å². The molecule has 3 rings (SSSR count). The number of aromatic nitrogens is 2. The quantitative estimate of drug-likeness (QED) is 0.749. The van der Waals surface area contributed by atoms with Crippen LogP contribution in [0, 0.1) is 5.92 Å². The van der Waals surface area contributed by atoms with Crippen molar-refractivity contribution in [1.29, 1.82) is 0 Å². The van der Waals surface area contributed by atoms with Gasteiger partial charge in [-0.1, -0.05) is 0 Å². The Kier molecular flexibility index (Phi) is 6.22. The molecule has 2 saturated heterocycles. The van der Waals surface area contributed by atoms with Gasteiger partial charge in [0, 0.05) is 45.0 Å². The van der Waals surface area contributed by atoms with Crippen LogP contribution in [0.15, 0.2) is 12.3 Å². The molecular weight excluding hydrogens is 368 g/mol. The SMILES string of the molecule is CCS(=O)(=O)N1CCN(C(=O)[C@@H]2CCCO[C@H]2c2ccnn2C(C)C)CC1. The van der Waals surface area contributed by atoms with E-state index in [2.05, 4.69) is 18.9 Å². The molecule has 1 aromatic heterocycles. The van der Waals surface area contributed by atoms with E-state index in [1.165, 1.54) is 4.31 Å². The zero-order chi connectivity index (χ0) is 19.6. The Balaban J connectivity index is 1.72. The van der Waals surface area contributed by atoms with Crippen molar-refractivity contribution >= 4 is 15.9 Å². The van der Waals surface area contributed by atoms with Crippen molar-refractivity contribution in [2.45, 2.75) is 45.8 Å². The number of ether oxygens (including phenoxy) is 1. The fourth-order valence-electron chi connectivity index (χ4n) is 3.91. The number of carbonyl (C=O) groups is 1. The van der Waals surface area contributed by atoms with Crippen LogP contribution < -0.4 is 0 Å². The van der Waals surface area contributed by atoms with Crippen LogP contribution in [0.25, 0.3) is 0 Å². The van der Waals surface area contributed by atoms with Gasteiger partial charge in [0.15, 0.2) is 0 Å². The van der Waals surface area contributed by atoms with Crippen LogP contribution in [0.1, 0.15) is 51.5 Å². The maximum atomic E-state index is 13.2. The van der Waals surface area contributed by atoms with Crippen molar-refractivity contribution in [3.8, 4) is 0 Å². The molecule has 9 heteroatoms. The molecular formula is C18H30N4O4S. The van der Waals surface area contributed by atoms with E-state index in [-0.39, 0.29) is 29.7 Å². The molecule has 2 atom stereocenters. The van der Waals surface area contributed by atoms with Crippen LogP contribution in [0.5, 0.6) is 0 Å². The fourth-order valence-corrected chi connectivity index (χ4v) is 5.00. The molecule has 2 fully saturated rings. The van der Waals surface area contributed by atoms with Crippen LogP contribution in [0.4, 0.5) is 0 Å². The zero-order valence-electron chi connectivity index (χ0n) is 16.4. The molecule has 3 heterocycles. The zero-order valence-corrected chi connectivity index (χ0v) is 17.2. The van der Waals surface area contributed by atoms with Crippen LogP contribution in [0.3, 0.4) is 0 Å². The second-order valence-electron chi connectivity index (χ2n) is 7.46. The maximum Gasteiger partial charge on any atom is 0.228 e. The number of nitrogens with zero attached hydrogens (tertiary/aromatic N) is 4. The Morgan fingerprint density at radius 1 is 1.30 bits per heavy atom. The average Bonchev–Trinajstić information content (AvgIpc) is 3.17. The minimum absolute atomic E-state index is 0.0600. The summed E-state index contributed by atoms with van der Waals surface area (Å²) in [5.41, 5.74) is 0.940. The number of carbonyl (C=O) groups excluding carboxylic acids is 1. The number of sulfonamides is 1. The van der Waals surface area contributed by atoms with E-state index in [0.29, 0.717) is 32.8 Å². The summed E-state index contributed by atoms with van der Waals surface area (Å²) < 4.78 is 33.5. The smallest absolute Gasteiger partial charge is 0.228 e. The van der Waals surface area contributed by atoms with Gasteiger partial charge in [0.05, 0.1) is 17.4 Å². The third kappa shape index (κ3) is 4.20. The first-order chi connectivity index (χ1) is 12.8. The first-order valence-electron chi connectivity index (χ1n) is 9.76. The largest absolute Gasteiger partial charge is 0.371 e. The van der Waals surface area contributed by atoms with E-state index in [9.17, 15) is 13.2 Å². The van der Waals surface area contributed by atoms with Gasteiger partial charge in [0.2, 0.25) is 15.9 Å². The summed E-state index contributed by atoms with van der Waals surface area (Å²) in [7, 11) is -3.20. The molecule has 8 nitrogen and oxygen atoms in total. The second kappa shape index (κ2) is 8.28. The fraction of sp³-hybridized carbons (Fsp3) is 0.778. The topological polar surface area (TPSA) is 84.7 Å². The summed E-state index contributed by atoms with van der Waals surface area (Å²) in [5, 5.41) is 4.38. The summed E-state index contributed by atoms with van der Waals surface area (Å²) in [6, 6.07) is 2.13. The predicted molar refractivity (Wildman–Crippen MR) is 102 cm³/mol. The third-order valence-electron chi connectivity index (χ3n) is 5.43. The van der Waals surface area contributed by atoms with Crippen molar-refractivity contribution in [1.82, 2.24) is 19.0 Å². The molecule has 0 saturated carbocycles. The van der Waals surface area contributed by atoms with Crippen molar-refractivity contribution in [3.63, 3.8) is 0 Å². The first-order valence-corrected chi connectivity index (χ1v) is 11.4. The molecule has 0 aliphatic carbocycles. The molecule has 1 amide bonds. The molecule has 152 valence electrons. The van der Waals surface area contributed by atoms with Gasteiger partial charge in [-0.2, -0.15) is 9.40 Å². The van der Waals surface area contributed by atoms with Gasteiger partial charge in [-0.25, -0.2) is 8.42 Å². The van der Waals surface area contributed by atoms with E-state index >= 15 is 0 Å². The summed E-state index contributed by atoms with van der Waals surface area (Å²) in [6.45, 7) is 8.01. The third-order valence-corrected chi connectivity index (χ3v) is 7.31. The Bertz CT molecular complexity index is 753. The molecule has 0 radical (unpaired) electrons. The highest BCUT2D eigenvalue weighted by Gasteiger charge is 2.39. The maximum absolute atomic E-state index is 13.2. The minimum atomic E-state index is -3.20. The van der Waals surface area contributed by atoms with E-state index in [0.717, 1.165) is 18.5 Å². The van der Waals surface area contributed by atoms with E-state index in [1.54, 1.807) is 18.0 Å². The predicted octanol–water partition coefficient (Wildman–Crippen LogP) is 1.43. The van der Waals surface area contributed by atoms with Crippen molar-refractivity contribution in [2.75, 3.05) is 38.5 Å². The van der Waals surface area contributed by atoms with Gasteiger partial charge in [-0.05, 0) is 39.7 Å². The molecule has 1 aromatic rings. The lowest BCUT2D eigenvalue weighted by Crippen LogP contribution is -2.53. The second-order valence-corrected chi connectivity index (χ2v) is 9.72. The van der Waals surface area contributed by atoms with Crippen molar-refractivity contribution in [3.05, 3.63) is 18.0 Å². The minimum Gasteiger partial charge on any atom is -0.371 e. The lowest BCUT2D eigenvalue weighted by Gasteiger charge is -2.39. The number of hydrogen-bond acceptors (Lipinski definition) is 5. The van der Waals surface area contributed by atoms with Crippen molar-refractivity contribution in [2.24, 2.45) is 5.92 Å². The normalized spacial score (nSPS) is 25.1. The Morgan fingerprint density at radius 2 is 2.00 bits per heavy atom. The van der Waals surface area contributed by atoms with Gasteiger partial charge < -0.3 is 9.64 Å². The number of amides is 1. The molecule has 0 aromatic carbocycles. The van der Waals surface area contributed by atoms with Gasteiger partial charge in [0.25, 0.3) is 0 Å². The lowest BCUT2D eigenvalue weighted by atomic mass is 9.90. The summed E-state index contributed by atoms with van der Waals surface area (Å²) in [4.78, 5) is 15.0. The molecule has 2 aliphatic heterocycles. The first kappa shape index (κ1) is 20.3. The van der Waals surface area contributed by atoms with Crippen LogP contribution in [-0.4, -0.2) is 71.8 Å². The van der Waals surface area contributed by atoms with Gasteiger partial charge in [0.1, 0.15) is 6.10 Å². The summed E-state index contributed by atoms with van der Waals surface area (Å²) in [6.07, 6.45) is 3.09. The Labute approximate surface area is 161 Å². The molecule has 0 bridgehead atoms. The Hall–Kier alpha value is -1.45. The highest BCUT2D eigenvalue weighted by atomic mass is 32.2. The molecule has 27 heavy (non-hydrogen) atoms. The van der Waals surface area contributed by atoms with Crippen molar-refractivity contribution < 1.29 is 17.9 Å². The van der Waals surface area contributed by atoms with Gasteiger partial charge >= 0.3 is 0 Å². The highest BCUT2D eigenvalue weighted by molar-refractivity contribution is 7.89. The molecule has 0 N–H and O–H groups in total. The van der Waals surface area contributed by atoms with E-state index < -0.39 is 10.0 Å². The van der Waals surface area contributed by atoms with Crippen LogP contribution >= 0.6 is 0 Å². The number of hydrogen-bond donors (Lipinski definition) is 0. The molecule has 0 spiro atoms.